The topological polar surface area (TPSA) is 68.5 Å². The first-order valence-electron chi connectivity index (χ1n) is 7.59. The molecule has 2 rings (SSSR count). The molecule has 0 radical (unpaired) electrons. The zero-order valence-electron chi connectivity index (χ0n) is 14.0. The lowest BCUT2D eigenvalue weighted by Gasteiger charge is -2.34. The number of aliphatic imine (C=N–C) groups is 1. The molecule has 122 valence electrons. The van der Waals surface area contributed by atoms with Crippen molar-refractivity contribution in [2.75, 3.05) is 17.7 Å². The molecule has 0 atom stereocenters. The Morgan fingerprint density at radius 2 is 2.17 bits per heavy atom. The van der Waals surface area contributed by atoms with Crippen LogP contribution in [0.15, 0.2) is 23.2 Å². The highest BCUT2D eigenvalue weighted by Crippen LogP contribution is 2.33. The van der Waals surface area contributed by atoms with E-state index in [0.29, 0.717) is 5.17 Å². The fraction of sp³-hybridized carbons (Fsp3) is 0.471. The lowest BCUT2D eigenvalue weighted by Crippen LogP contribution is -2.42. The molecule has 0 aromatic heterocycles. The third-order valence-corrected chi connectivity index (χ3v) is 4.24. The Kier molecular flexibility index (Phi) is 5.32. The third kappa shape index (κ3) is 4.05. The molecule has 1 amide bonds. The summed E-state index contributed by atoms with van der Waals surface area (Å²) in [4.78, 5) is 18.9. The summed E-state index contributed by atoms with van der Waals surface area (Å²) >= 11 is 1.39. The monoisotopic (exact) mass is 330 g/mol. The van der Waals surface area contributed by atoms with Gasteiger partial charge in [0.2, 0.25) is 5.91 Å². The number of benzene rings is 1. The van der Waals surface area contributed by atoms with Crippen molar-refractivity contribution >= 4 is 34.2 Å². The molecule has 6 heteroatoms. The molecular formula is C17H22N4OS. The summed E-state index contributed by atoms with van der Waals surface area (Å²) in [5.74, 6) is 0.144. The number of hydrogen-bond donors (Lipinski definition) is 1. The van der Waals surface area contributed by atoms with Gasteiger partial charge in [0.15, 0.2) is 11.4 Å². The number of rotatable bonds is 1. The Morgan fingerprint density at radius 1 is 1.43 bits per heavy atom. The average Bonchev–Trinajstić information content (AvgIpc) is 2.52. The standard InChI is InChI=1S/C17H22N4OS/c1-17(2,3)15(22)21-9-5-6-12-10-13(7-8-14(12)21)20-16(23-4)19-11-18/h7-8,10H,5-6,9H2,1-4H3,(H,19,20). The van der Waals surface area contributed by atoms with Crippen molar-refractivity contribution in [2.24, 2.45) is 10.4 Å². The number of nitriles is 1. The van der Waals surface area contributed by atoms with Gasteiger partial charge >= 0.3 is 0 Å². The minimum absolute atomic E-state index is 0.144. The largest absolute Gasteiger partial charge is 0.312 e. The summed E-state index contributed by atoms with van der Waals surface area (Å²) in [6.45, 7) is 6.60. The van der Waals surface area contributed by atoms with Crippen molar-refractivity contribution < 1.29 is 4.79 Å². The third-order valence-electron chi connectivity index (χ3n) is 3.66. The first-order chi connectivity index (χ1) is 10.9. The zero-order chi connectivity index (χ0) is 17.0. The Morgan fingerprint density at radius 3 is 2.78 bits per heavy atom. The number of carbonyl (C=O) groups is 1. The second kappa shape index (κ2) is 7.05. The van der Waals surface area contributed by atoms with E-state index in [1.807, 2.05) is 56.3 Å². The fourth-order valence-corrected chi connectivity index (χ4v) is 2.90. The van der Waals surface area contributed by atoms with Crippen LogP contribution in [-0.4, -0.2) is 23.9 Å². The van der Waals surface area contributed by atoms with E-state index in [1.165, 1.54) is 11.8 Å². The van der Waals surface area contributed by atoms with Gasteiger partial charge in [0.25, 0.3) is 0 Å². The quantitative estimate of drug-likeness (QED) is 0.371. The molecule has 1 heterocycles. The summed E-state index contributed by atoms with van der Waals surface area (Å²) in [5.41, 5.74) is 2.51. The number of nitrogens with one attached hydrogen (secondary N) is 1. The van der Waals surface area contributed by atoms with Crippen molar-refractivity contribution in [3.05, 3.63) is 23.8 Å². The van der Waals surface area contributed by atoms with Crippen LogP contribution in [-0.2, 0) is 11.2 Å². The lowest BCUT2D eigenvalue weighted by molar-refractivity contribution is -0.125. The number of nitrogens with zero attached hydrogens (tertiary/aromatic N) is 3. The maximum atomic E-state index is 12.6. The minimum Gasteiger partial charge on any atom is -0.312 e. The van der Waals surface area contributed by atoms with E-state index in [-0.39, 0.29) is 5.91 Å². The van der Waals surface area contributed by atoms with Crippen LogP contribution in [0.4, 0.5) is 11.4 Å². The smallest absolute Gasteiger partial charge is 0.232 e. The Hall–Kier alpha value is -2.00. The Labute approximate surface area is 141 Å². The molecule has 1 aromatic rings. The SMILES string of the molecule is CSC(=Nc1ccc2c(c1)CCCN2C(=O)C(C)(C)C)NC#N. The number of amidine groups is 1. The number of anilines is 1. The van der Waals surface area contributed by atoms with Crippen LogP contribution in [0.2, 0.25) is 0 Å². The highest BCUT2D eigenvalue weighted by molar-refractivity contribution is 8.13. The summed E-state index contributed by atoms with van der Waals surface area (Å²) < 4.78 is 0. The molecule has 0 saturated heterocycles. The molecule has 0 aliphatic carbocycles. The number of carbonyl (C=O) groups excluding carboxylic acids is 1. The summed E-state index contributed by atoms with van der Waals surface area (Å²) in [6.07, 6.45) is 5.64. The molecule has 0 unspecified atom stereocenters. The summed E-state index contributed by atoms with van der Waals surface area (Å²) in [5, 5.41) is 11.8. The summed E-state index contributed by atoms with van der Waals surface area (Å²) in [7, 11) is 0. The molecule has 1 N–H and O–H groups in total. The molecule has 0 saturated carbocycles. The van der Waals surface area contributed by atoms with Crippen molar-refractivity contribution in [1.29, 1.82) is 5.26 Å². The summed E-state index contributed by atoms with van der Waals surface area (Å²) in [6, 6.07) is 5.86. The second-order valence-corrected chi connectivity index (χ2v) is 7.28. The van der Waals surface area contributed by atoms with Crippen LogP contribution in [0, 0.1) is 16.9 Å². The number of thioether (sulfide) groups is 1. The molecule has 1 aliphatic rings. The average molecular weight is 330 g/mol. The van der Waals surface area contributed by atoms with Gasteiger partial charge in [-0.3, -0.25) is 10.1 Å². The van der Waals surface area contributed by atoms with E-state index in [9.17, 15) is 4.79 Å². The number of amides is 1. The van der Waals surface area contributed by atoms with Crippen LogP contribution in [0.1, 0.15) is 32.8 Å². The van der Waals surface area contributed by atoms with Crippen molar-refractivity contribution in [3.63, 3.8) is 0 Å². The van der Waals surface area contributed by atoms with E-state index in [1.54, 1.807) is 0 Å². The molecular weight excluding hydrogens is 308 g/mol. The van der Waals surface area contributed by atoms with Crippen LogP contribution in [0.25, 0.3) is 0 Å². The lowest BCUT2D eigenvalue weighted by atomic mass is 9.92. The van der Waals surface area contributed by atoms with Crippen LogP contribution < -0.4 is 10.2 Å². The molecule has 23 heavy (non-hydrogen) atoms. The highest BCUT2D eigenvalue weighted by atomic mass is 32.2. The second-order valence-electron chi connectivity index (χ2n) is 6.48. The molecule has 1 aliphatic heterocycles. The van der Waals surface area contributed by atoms with Gasteiger partial charge in [0, 0.05) is 17.6 Å². The van der Waals surface area contributed by atoms with Gasteiger partial charge in [-0.05, 0) is 42.9 Å². The molecule has 0 fully saturated rings. The van der Waals surface area contributed by atoms with Gasteiger partial charge in [0.1, 0.15) is 0 Å². The van der Waals surface area contributed by atoms with Gasteiger partial charge in [-0.25, -0.2) is 4.99 Å². The Balaban J connectivity index is 2.34. The highest BCUT2D eigenvalue weighted by Gasteiger charge is 2.30. The predicted molar refractivity (Wildman–Crippen MR) is 95.9 cm³/mol. The Bertz CT molecular complexity index is 670. The van der Waals surface area contributed by atoms with E-state index in [0.717, 1.165) is 36.3 Å². The normalized spacial score (nSPS) is 14.9. The molecule has 1 aromatic carbocycles. The number of aryl methyl sites for hydroxylation is 1. The van der Waals surface area contributed by atoms with E-state index in [4.69, 9.17) is 5.26 Å². The molecule has 0 bridgehead atoms. The first-order valence-corrected chi connectivity index (χ1v) is 8.82. The fourth-order valence-electron chi connectivity index (χ4n) is 2.56. The van der Waals surface area contributed by atoms with E-state index in [2.05, 4.69) is 10.3 Å². The van der Waals surface area contributed by atoms with Crippen molar-refractivity contribution in [2.45, 2.75) is 33.6 Å². The maximum Gasteiger partial charge on any atom is 0.232 e. The van der Waals surface area contributed by atoms with Crippen LogP contribution in [0.3, 0.4) is 0 Å². The number of hydrogen-bond acceptors (Lipinski definition) is 4. The van der Waals surface area contributed by atoms with E-state index >= 15 is 0 Å². The minimum atomic E-state index is -0.395. The van der Waals surface area contributed by atoms with E-state index < -0.39 is 5.41 Å². The molecule has 5 nitrogen and oxygen atoms in total. The number of fused-ring (bicyclic) bond motifs is 1. The van der Waals surface area contributed by atoms with Crippen molar-refractivity contribution in [3.8, 4) is 6.19 Å². The predicted octanol–water partition coefficient (Wildman–Crippen LogP) is 3.43. The van der Waals surface area contributed by atoms with Gasteiger partial charge in [-0.1, -0.05) is 32.5 Å². The van der Waals surface area contributed by atoms with Crippen LogP contribution >= 0.6 is 11.8 Å². The van der Waals surface area contributed by atoms with Gasteiger partial charge in [0.05, 0.1) is 5.69 Å². The van der Waals surface area contributed by atoms with Gasteiger partial charge in [-0.15, -0.1) is 0 Å². The molecule has 0 spiro atoms. The van der Waals surface area contributed by atoms with Gasteiger partial charge in [-0.2, -0.15) is 5.26 Å². The zero-order valence-corrected chi connectivity index (χ0v) is 14.8. The maximum absolute atomic E-state index is 12.6. The van der Waals surface area contributed by atoms with Crippen LogP contribution in [0.5, 0.6) is 0 Å². The first kappa shape index (κ1) is 17.4. The van der Waals surface area contributed by atoms with Gasteiger partial charge < -0.3 is 4.90 Å². The van der Waals surface area contributed by atoms with Crippen molar-refractivity contribution in [1.82, 2.24) is 5.32 Å².